The van der Waals surface area contributed by atoms with E-state index in [0.717, 1.165) is 21.7 Å². The number of H-pyrrole nitrogens is 1. The maximum Gasteiger partial charge on any atom is 0.225 e. The molecule has 3 heterocycles. The summed E-state index contributed by atoms with van der Waals surface area (Å²) in [7, 11) is 0. The van der Waals surface area contributed by atoms with Crippen LogP contribution in [-0.2, 0) is 6.54 Å². The SMILES string of the molecule is Brc1cnc(NCc2ccco2)nc1Nc1cc(C2CC2)n[nH]1. The summed E-state index contributed by atoms with van der Waals surface area (Å²) >= 11 is 3.46. The van der Waals surface area contributed by atoms with Crippen LogP contribution in [0, 0.1) is 0 Å². The average Bonchev–Trinajstić information content (AvgIpc) is 3.08. The number of halogens is 1. The van der Waals surface area contributed by atoms with Gasteiger partial charge in [0.1, 0.15) is 11.6 Å². The Balaban J connectivity index is 1.46. The van der Waals surface area contributed by atoms with Crippen molar-refractivity contribution in [3.05, 3.63) is 46.6 Å². The summed E-state index contributed by atoms with van der Waals surface area (Å²) in [4.78, 5) is 8.71. The molecule has 1 aliphatic rings. The van der Waals surface area contributed by atoms with Gasteiger partial charge in [-0.05, 0) is 40.9 Å². The third kappa shape index (κ3) is 3.37. The van der Waals surface area contributed by atoms with Crippen LogP contribution in [0.15, 0.2) is 39.5 Å². The first-order valence-corrected chi connectivity index (χ1v) is 8.18. The highest BCUT2D eigenvalue weighted by molar-refractivity contribution is 9.10. The van der Waals surface area contributed by atoms with Crippen molar-refractivity contribution in [2.75, 3.05) is 10.6 Å². The maximum atomic E-state index is 5.28. The molecule has 3 aromatic heterocycles. The van der Waals surface area contributed by atoms with E-state index in [9.17, 15) is 0 Å². The van der Waals surface area contributed by atoms with Crippen LogP contribution in [0.25, 0.3) is 0 Å². The zero-order chi connectivity index (χ0) is 15.6. The van der Waals surface area contributed by atoms with Crippen molar-refractivity contribution in [1.82, 2.24) is 20.2 Å². The van der Waals surface area contributed by atoms with Crippen LogP contribution in [0.2, 0.25) is 0 Å². The normalized spacial score (nSPS) is 14.0. The molecule has 1 fully saturated rings. The van der Waals surface area contributed by atoms with E-state index in [-0.39, 0.29) is 0 Å². The minimum atomic E-state index is 0.522. The third-order valence-corrected chi connectivity index (χ3v) is 4.17. The lowest BCUT2D eigenvalue weighted by Crippen LogP contribution is -2.05. The molecule has 0 saturated heterocycles. The van der Waals surface area contributed by atoms with Gasteiger partial charge in [0.05, 0.1) is 23.0 Å². The van der Waals surface area contributed by atoms with E-state index in [4.69, 9.17) is 4.42 Å². The quantitative estimate of drug-likeness (QED) is 0.607. The molecule has 0 radical (unpaired) electrons. The van der Waals surface area contributed by atoms with Crippen molar-refractivity contribution in [3.63, 3.8) is 0 Å². The number of nitrogens with one attached hydrogen (secondary N) is 3. The van der Waals surface area contributed by atoms with Gasteiger partial charge in [-0.15, -0.1) is 0 Å². The second kappa shape index (κ2) is 6.04. The molecular formula is C15H15BrN6O. The van der Waals surface area contributed by atoms with Crippen molar-refractivity contribution in [2.45, 2.75) is 25.3 Å². The molecular weight excluding hydrogens is 360 g/mol. The molecule has 23 heavy (non-hydrogen) atoms. The monoisotopic (exact) mass is 374 g/mol. The summed E-state index contributed by atoms with van der Waals surface area (Å²) in [6.45, 7) is 0.532. The molecule has 1 aliphatic carbocycles. The fraction of sp³-hybridized carbons (Fsp3) is 0.267. The molecule has 0 aliphatic heterocycles. The average molecular weight is 375 g/mol. The number of anilines is 3. The Morgan fingerprint density at radius 3 is 3.09 bits per heavy atom. The molecule has 3 N–H and O–H groups in total. The molecule has 118 valence electrons. The largest absolute Gasteiger partial charge is 0.467 e. The highest BCUT2D eigenvalue weighted by atomic mass is 79.9. The van der Waals surface area contributed by atoms with Gasteiger partial charge in [0.2, 0.25) is 5.95 Å². The van der Waals surface area contributed by atoms with Crippen molar-refractivity contribution in [2.24, 2.45) is 0 Å². The number of rotatable bonds is 6. The molecule has 0 spiro atoms. The van der Waals surface area contributed by atoms with E-state index in [1.54, 1.807) is 12.5 Å². The van der Waals surface area contributed by atoms with E-state index < -0.39 is 0 Å². The van der Waals surface area contributed by atoms with Gasteiger partial charge >= 0.3 is 0 Å². The summed E-state index contributed by atoms with van der Waals surface area (Å²) in [5.41, 5.74) is 1.11. The van der Waals surface area contributed by atoms with E-state index in [1.165, 1.54) is 12.8 Å². The van der Waals surface area contributed by atoms with Crippen LogP contribution in [-0.4, -0.2) is 20.2 Å². The summed E-state index contributed by atoms with van der Waals surface area (Å²) in [6.07, 6.45) is 5.80. The predicted molar refractivity (Wildman–Crippen MR) is 89.6 cm³/mol. The smallest absolute Gasteiger partial charge is 0.225 e. The van der Waals surface area contributed by atoms with Crippen molar-refractivity contribution >= 4 is 33.5 Å². The fourth-order valence-electron chi connectivity index (χ4n) is 2.24. The lowest BCUT2D eigenvalue weighted by molar-refractivity contribution is 0.517. The van der Waals surface area contributed by atoms with E-state index >= 15 is 0 Å². The van der Waals surface area contributed by atoms with Crippen LogP contribution in [0.3, 0.4) is 0 Å². The molecule has 0 atom stereocenters. The Labute approximate surface area is 141 Å². The Kier molecular flexibility index (Phi) is 3.74. The van der Waals surface area contributed by atoms with Gasteiger partial charge in [0, 0.05) is 18.2 Å². The van der Waals surface area contributed by atoms with Gasteiger partial charge in [0.15, 0.2) is 5.82 Å². The number of aromatic amines is 1. The summed E-state index contributed by atoms with van der Waals surface area (Å²) < 4.78 is 6.06. The van der Waals surface area contributed by atoms with Gasteiger partial charge in [-0.1, -0.05) is 0 Å². The van der Waals surface area contributed by atoms with Crippen LogP contribution >= 0.6 is 15.9 Å². The Morgan fingerprint density at radius 2 is 2.30 bits per heavy atom. The second-order valence-electron chi connectivity index (χ2n) is 5.43. The third-order valence-electron chi connectivity index (χ3n) is 3.59. The van der Waals surface area contributed by atoms with Crippen LogP contribution in [0.5, 0.6) is 0 Å². The van der Waals surface area contributed by atoms with E-state index in [0.29, 0.717) is 24.2 Å². The Morgan fingerprint density at radius 1 is 1.39 bits per heavy atom. The lowest BCUT2D eigenvalue weighted by atomic mass is 10.3. The first kappa shape index (κ1) is 14.3. The first-order chi connectivity index (χ1) is 11.3. The summed E-state index contributed by atoms with van der Waals surface area (Å²) in [5, 5.41) is 13.7. The molecule has 0 bridgehead atoms. The number of furan rings is 1. The van der Waals surface area contributed by atoms with Gasteiger partial charge in [-0.3, -0.25) is 5.10 Å². The number of hydrogen-bond donors (Lipinski definition) is 3. The predicted octanol–water partition coefficient (Wildman–Crippen LogP) is 3.79. The van der Waals surface area contributed by atoms with Crippen molar-refractivity contribution in [3.8, 4) is 0 Å². The van der Waals surface area contributed by atoms with Crippen LogP contribution in [0.1, 0.15) is 30.2 Å². The van der Waals surface area contributed by atoms with Crippen LogP contribution in [0.4, 0.5) is 17.6 Å². The van der Waals surface area contributed by atoms with Gasteiger partial charge in [-0.25, -0.2) is 4.98 Å². The standard InChI is InChI=1S/C15H15BrN6O/c16-11-8-18-15(17-7-10-2-1-5-23-10)20-14(11)19-13-6-12(21-22-13)9-3-4-9/h1-2,5-6,8-9H,3-4,7H2,(H3,17,18,19,20,21,22). The molecule has 8 heteroatoms. The second-order valence-corrected chi connectivity index (χ2v) is 6.28. The molecule has 0 unspecified atom stereocenters. The molecule has 0 aromatic carbocycles. The maximum absolute atomic E-state index is 5.28. The zero-order valence-corrected chi connectivity index (χ0v) is 13.8. The van der Waals surface area contributed by atoms with Crippen molar-refractivity contribution < 1.29 is 4.42 Å². The minimum Gasteiger partial charge on any atom is -0.467 e. The van der Waals surface area contributed by atoms with Gasteiger partial charge < -0.3 is 15.1 Å². The number of nitrogens with zero attached hydrogens (tertiary/aromatic N) is 3. The first-order valence-electron chi connectivity index (χ1n) is 7.39. The van der Waals surface area contributed by atoms with Crippen molar-refractivity contribution in [1.29, 1.82) is 0 Å². The molecule has 7 nitrogen and oxygen atoms in total. The van der Waals surface area contributed by atoms with Gasteiger partial charge in [-0.2, -0.15) is 10.1 Å². The summed E-state index contributed by atoms with van der Waals surface area (Å²) in [5.74, 6) is 3.46. The van der Waals surface area contributed by atoms with E-state index in [2.05, 4.69) is 46.7 Å². The topological polar surface area (TPSA) is 91.7 Å². The lowest BCUT2D eigenvalue weighted by Gasteiger charge is -2.08. The number of hydrogen-bond acceptors (Lipinski definition) is 6. The van der Waals surface area contributed by atoms with Gasteiger partial charge in [0.25, 0.3) is 0 Å². The molecule has 0 amide bonds. The number of aromatic nitrogens is 4. The highest BCUT2D eigenvalue weighted by Crippen LogP contribution is 2.39. The molecule has 1 saturated carbocycles. The zero-order valence-electron chi connectivity index (χ0n) is 12.2. The fourth-order valence-corrected chi connectivity index (χ4v) is 2.53. The minimum absolute atomic E-state index is 0.522. The molecule has 4 rings (SSSR count). The summed E-state index contributed by atoms with van der Waals surface area (Å²) in [6, 6.07) is 5.78. The van der Waals surface area contributed by atoms with Crippen LogP contribution < -0.4 is 10.6 Å². The Bertz CT molecular complexity index is 796. The Hall–Kier alpha value is -2.35. The highest BCUT2D eigenvalue weighted by Gasteiger charge is 2.26. The van der Waals surface area contributed by atoms with E-state index in [1.807, 2.05) is 18.2 Å². The molecule has 3 aromatic rings.